The lowest BCUT2D eigenvalue weighted by atomic mass is 9.77. The average molecular weight is 307 g/mol. The second-order valence-corrected chi connectivity index (χ2v) is 7.04. The maximum absolute atomic E-state index is 12.6. The topological polar surface area (TPSA) is 62.3 Å². The lowest BCUT2D eigenvalue weighted by molar-refractivity contribution is -0.160. The second-order valence-electron chi connectivity index (χ2n) is 6.09. The van der Waals surface area contributed by atoms with Crippen molar-refractivity contribution in [3.8, 4) is 0 Å². The van der Waals surface area contributed by atoms with Crippen molar-refractivity contribution in [1.82, 2.24) is 15.2 Å². The van der Waals surface area contributed by atoms with Crippen molar-refractivity contribution >= 4 is 23.2 Å². The molecule has 2 aliphatic rings. The van der Waals surface area contributed by atoms with Crippen LogP contribution < -0.4 is 5.32 Å². The van der Waals surface area contributed by atoms with Crippen molar-refractivity contribution in [2.45, 2.75) is 64.1 Å². The van der Waals surface area contributed by atoms with E-state index in [0.29, 0.717) is 6.54 Å². The number of nitrogens with zero attached hydrogens (tertiary/aromatic N) is 2. The van der Waals surface area contributed by atoms with Gasteiger partial charge in [-0.25, -0.2) is 4.98 Å². The van der Waals surface area contributed by atoms with E-state index in [-0.39, 0.29) is 11.8 Å². The first kappa shape index (κ1) is 14.5. The highest BCUT2D eigenvalue weighted by atomic mass is 32.1. The molecule has 1 N–H and O–H groups in total. The smallest absolute Gasteiger partial charge is 0.246 e. The third-order valence-electron chi connectivity index (χ3n) is 4.56. The number of carbonyl (C=O) groups excluding carboxylic acids is 2. The fourth-order valence-corrected chi connectivity index (χ4v) is 4.19. The third kappa shape index (κ3) is 2.46. The van der Waals surface area contributed by atoms with Crippen molar-refractivity contribution < 1.29 is 9.59 Å². The molecule has 5 nitrogen and oxygen atoms in total. The van der Waals surface area contributed by atoms with Crippen LogP contribution in [0.25, 0.3) is 0 Å². The first-order valence-electron chi connectivity index (χ1n) is 7.56. The number of hydrogen-bond donors (Lipinski definition) is 1. The van der Waals surface area contributed by atoms with E-state index in [9.17, 15) is 9.59 Å². The summed E-state index contributed by atoms with van der Waals surface area (Å²) in [5.74, 6) is 0.0342. The van der Waals surface area contributed by atoms with Crippen molar-refractivity contribution in [2.75, 3.05) is 0 Å². The highest BCUT2D eigenvalue weighted by Crippen LogP contribution is 2.37. The summed E-state index contributed by atoms with van der Waals surface area (Å²) in [4.78, 5) is 31.5. The molecule has 1 aromatic rings. The van der Waals surface area contributed by atoms with Crippen LogP contribution in [0.1, 0.15) is 49.7 Å². The largest absolute Gasteiger partial charge is 0.343 e. The molecule has 1 aromatic heterocycles. The summed E-state index contributed by atoms with van der Waals surface area (Å²) in [6.07, 6.45) is 4.68. The summed E-state index contributed by atoms with van der Waals surface area (Å²) in [6, 6.07) is -0.439. The third-order valence-corrected chi connectivity index (χ3v) is 5.52. The van der Waals surface area contributed by atoms with Gasteiger partial charge < -0.3 is 10.2 Å². The first-order chi connectivity index (χ1) is 10.0. The van der Waals surface area contributed by atoms with E-state index in [4.69, 9.17) is 0 Å². The van der Waals surface area contributed by atoms with Gasteiger partial charge in [0.25, 0.3) is 0 Å². The van der Waals surface area contributed by atoms with Gasteiger partial charge >= 0.3 is 0 Å². The Bertz CT molecular complexity index is 563. The van der Waals surface area contributed by atoms with Crippen molar-refractivity contribution in [3.63, 3.8) is 0 Å². The zero-order valence-electron chi connectivity index (χ0n) is 12.5. The molecule has 1 saturated heterocycles. The Morgan fingerprint density at radius 2 is 2.10 bits per heavy atom. The Balaban J connectivity index is 1.93. The Kier molecular flexibility index (Phi) is 3.73. The Morgan fingerprint density at radius 1 is 1.38 bits per heavy atom. The van der Waals surface area contributed by atoms with Crippen molar-refractivity contribution in [2.24, 2.45) is 0 Å². The van der Waals surface area contributed by atoms with Gasteiger partial charge in [-0.15, -0.1) is 11.3 Å². The van der Waals surface area contributed by atoms with Gasteiger partial charge in [0.1, 0.15) is 16.6 Å². The van der Waals surface area contributed by atoms with E-state index in [1.54, 1.807) is 23.2 Å². The van der Waals surface area contributed by atoms with Crippen LogP contribution in [0.5, 0.6) is 0 Å². The van der Waals surface area contributed by atoms with Crippen LogP contribution in [0.3, 0.4) is 0 Å². The van der Waals surface area contributed by atoms with Gasteiger partial charge in [-0.1, -0.05) is 19.3 Å². The molecule has 2 heterocycles. The van der Waals surface area contributed by atoms with Crippen LogP contribution in [0.15, 0.2) is 5.38 Å². The number of rotatable bonds is 2. The maximum atomic E-state index is 12.6. The SMILES string of the molecule is Cc1csc(CN2C(=O)C(C)NC(=O)C23CCCCC3)n1. The molecule has 21 heavy (non-hydrogen) atoms. The number of hydrogen-bond acceptors (Lipinski definition) is 4. The van der Waals surface area contributed by atoms with Crippen LogP contribution in [0.2, 0.25) is 0 Å². The van der Waals surface area contributed by atoms with E-state index in [1.807, 2.05) is 12.3 Å². The minimum Gasteiger partial charge on any atom is -0.343 e. The van der Waals surface area contributed by atoms with Gasteiger partial charge in [0.15, 0.2) is 0 Å². The van der Waals surface area contributed by atoms with E-state index >= 15 is 0 Å². The normalized spacial score (nSPS) is 25.2. The standard InChI is InChI=1S/C15H21N3O2S/c1-10-9-21-12(16-10)8-18-13(19)11(2)17-14(20)15(18)6-4-3-5-7-15/h9,11H,3-8H2,1-2H3,(H,17,20). The summed E-state index contributed by atoms with van der Waals surface area (Å²) in [7, 11) is 0. The fraction of sp³-hybridized carbons (Fsp3) is 0.667. The molecule has 2 amide bonds. The lowest BCUT2D eigenvalue weighted by Crippen LogP contribution is -2.70. The van der Waals surface area contributed by atoms with Gasteiger partial charge in [0.2, 0.25) is 11.8 Å². The maximum Gasteiger partial charge on any atom is 0.246 e. The Labute approximate surface area is 128 Å². The van der Waals surface area contributed by atoms with Crippen LogP contribution in [0.4, 0.5) is 0 Å². The summed E-state index contributed by atoms with van der Waals surface area (Å²) >= 11 is 1.56. The van der Waals surface area contributed by atoms with Crippen molar-refractivity contribution in [3.05, 3.63) is 16.1 Å². The minimum atomic E-state index is -0.651. The number of piperazine rings is 1. The van der Waals surface area contributed by atoms with Crippen molar-refractivity contribution in [1.29, 1.82) is 0 Å². The fourth-order valence-electron chi connectivity index (χ4n) is 3.43. The number of thiazole rings is 1. The highest BCUT2D eigenvalue weighted by Gasteiger charge is 2.51. The molecule has 0 aromatic carbocycles. The van der Waals surface area contributed by atoms with Crippen LogP contribution >= 0.6 is 11.3 Å². The molecule has 1 spiro atoms. The van der Waals surface area contributed by atoms with E-state index in [0.717, 1.165) is 42.8 Å². The summed E-state index contributed by atoms with van der Waals surface area (Å²) < 4.78 is 0. The zero-order chi connectivity index (χ0) is 15.0. The van der Waals surface area contributed by atoms with E-state index < -0.39 is 11.6 Å². The van der Waals surface area contributed by atoms with Gasteiger partial charge in [0.05, 0.1) is 6.54 Å². The van der Waals surface area contributed by atoms with Gasteiger partial charge in [-0.3, -0.25) is 9.59 Å². The highest BCUT2D eigenvalue weighted by molar-refractivity contribution is 7.09. The molecule has 114 valence electrons. The first-order valence-corrected chi connectivity index (χ1v) is 8.44. The molecule has 6 heteroatoms. The predicted octanol–water partition coefficient (Wildman–Crippen LogP) is 2.00. The summed E-state index contributed by atoms with van der Waals surface area (Å²) in [6.45, 7) is 4.16. The molecule has 1 aliphatic carbocycles. The molecule has 1 atom stereocenters. The number of amides is 2. The monoisotopic (exact) mass is 307 g/mol. The quantitative estimate of drug-likeness (QED) is 0.909. The molecule has 1 aliphatic heterocycles. The van der Waals surface area contributed by atoms with Gasteiger partial charge in [-0.05, 0) is 26.7 Å². The zero-order valence-corrected chi connectivity index (χ0v) is 13.3. The van der Waals surface area contributed by atoms with Crippen LogP contribution in [-0.4, -0.2) is 33.3 Å². The van der Waals surface area contributed by atoms with Crippen LogP contribution in [-0.2, 0) is 16.1 Å². The molecule has 0 bridgehead atoms. The molecule has 1 unspecified atom stereocenters. The number of carbonyl (C=O) groups is 2. The molecule has 0 radical (unpaired) electrons. The second kappa shape index (κ2) is 5.40. The number of aromatic nitrogens is 1. The number of aryl methyl sites for hydroxylation is 1. The Morgan fingerprint density at radius 3 is 2.71 bits per heavy atom. The number of nitrogens with one attached hydrogen (secondary N) is 1. The Hall–Kier alpha value is -1.43. The molecule has 2 fully saturated rings. The van der Waals surface area contributed by atoms with E-state index in [2.05, 4.69) is 10.3 Å². The summed E-state index contributed by atoms with van der Waals surface area (Å²) in [5.41, 5.74) is 0.316. The lowest BCUT2D eigenvalue weighted by Gasteiger charge is -2.49. The molecular formula is C15H21N3O2S. The van der Waals surface area contributed by atoms with Gasteiger partial charge in [0, 0.05) is 11.1 Å². The minimum absolute atomic E-state index is 0.0163. The molecule has 1 saturated carbocycles. The van der Waals surface area contributed by atoms with Gasteiger partial charge in [-0.2, -0.15) is 0 Å². The van der Waals surface area contributed by atoms with Crippen LogP contribution in [0, 0.1) is 6.92 Å². The average Bonchev–Trinajstić information content (AvgIpc) is 2.88. The molecular weight excluding hydrogens is 286 g/mol. The predicted molar refractivity (Wildman–Crippen MR) is 80.8 cm³/mol. The van der Waals surface area contributed by atoms with E-state index in [1.165, 1.54) is 0 Å². The molecule has 3 rings (SSSR count). The summed E-state index contributed by atoms with van der Waals surface area (Å²) in [5, 5.41) is 5.76.